The molecule has 0 atom stereocenters. The first-order valence-corrected chi connectivity index (χ1v) is 12.9. The van der Waals surface area contributed by atoms with Gasteiger partial charge in [-0.3, -0.25) is 5.32 Å². The van der Waals surface area contributed by atoms with Crippen molar-refractivity contribution in [2.24, 2.45) is 0 Å². The number of ether oxygens (including phenoxy) is 2. The number of carbonyl (C=O) groups excluding carboxylic acids is 1. The molecule has 1 aliphatic heterocycles. The average molecular weight is 491 g/mol. The van der Waals surface area contributed by atoms with Crippen LogP contribution >= 0.6 is 0 Å². The lowest BCUT2D eigenvalue weighted by Crippen LogP contribution is -2.31. The summed E-state index contributed by atoms with van der Waals surface area (Å²) in [6.45, 7) is 13.6. The number of rotatable bonds is 12. The van der Waals surface area contributed by atoms with Gasteiger partial charge in [-0.15, -0.1) is 0 Å². The summed E-state index contributed by atoms with van der Waals surface area (Å²) in [6.07, 6.45) is 4.47. The van der Waals surface area contributed by atoms with E-state index < -0.39 is 6.09 Å². The molecule has 3 rings (SSSR count). The van der Waals surface area contributed by atoms with Gasteiger partial charge in [0, 0.05) is 42.6 Å². The van der Waals surface area contributed by atoms with E-state index in [1.54, 1.807) is 6.92 Å². The second-order valence-corrected chi connectivity index (χ2v) is 8.93. The third-order valence-electron chi connectivity index (χ3n) is 6.34. The predicted molar refractivity (Wildman–Crippen MR) is 145 cm³/mol. The van der Waals surface area contributed by atoms with Gasteiger partial charge in [0.2, 0.25) is 0 Å². The fourth-order valence-corrected chi connectivity index (χ4v) is 4.41. The smallest absolute Gasteiger partial charge is 0.411 e. The van der Waals surface area contributed by atoms with Crippen LogP contribution in [0, 0.1) is 11.3 Å². The molecule has 2 aromatic carbocycles. The number of nitrogens with zero attached hydrogens (tertiary/aromatic N) is 3. The number of piperidine rings is 1. The van der Waals surface area contributed by atoms with Crippen molar-refractivity contribution in [1.82, 2.24) is 4.90 Å². The van der Waals surface area contributed by atoms with Gasteiger partial charge in [-0.05, 0) is 76.0 Å². The number of nitriles is 1. The Bertz CT molecular complexity index is 1040. The monoisotopic (exact) mass is 490 g/mol. The van der Waals surface area contributed by atoms with Gasteiger partial charge in [0.05, 0.1) is 24.9 Å². The fourth-order valence-electron chi connectivity index (χ4n) is 4.41. The molecule has 36 heavy (non-hydrogen) atoms. The molecule has 0 bridgehead atoms. The Balaban J connectivity index is 1.68. The maximum atomic E-state index is 11.7. The van der Waals surface area contributed by atoms with Crippen molar-refractivity contribution in [3.63, 3.8) is 0 Å². The molecule has 7 nitrogen and oxygen atoms in total. The minimum atomic E-state index is -0.465. The Morgan fingerprint density at radius 3 is 2.56 bits per heavy atom. The van der Waals surface area contributed by atoms with Crippen LogP contribution in [-0.4, -0.2) is 50.4 Å². The highest BCUT2D eigenvalue weighted by Gasteiger charge is 2.15. The van der Waals surface area contributed by atoms with Crippen LogP contribution in [0.15, 0.2) is 49.0 Å². The van der Waals surface area contributed by atoms with Crippen LogP contribution in [0.1, 0.15) is 50.7 Å². The highest BCUT2D eigenvalue weighted by molar-refractivity contribution is 5.85. The first-order chi connectivity index (χ1) is 17.5. The van der Waals surface area contributed by atoms with E-state index in [2.05, 4.69) is 34.7 Å². The summed E-state index contributed by atoms with van der Waals surface area (Å²) < 4.78 is 11.0. The zero-order valence-corrected chi connectivity index (χ0v) is 21.6. The molecule has 1 saturated heterocycles. The number of anilines is 2. The molecular weight excluding hydrogens is 452 g/mol. The van der Waals surface area contributed by atoms with E-state index in [-0.39, 0.29) is 0 Å². The van der Waals surface area contributed by atoms with Gasteiger partial charge in [-0.1, -0.05) is 25.1 Å². The number of benzene rings is 2. The summed E-state index contributed by atoms with van der Waals surface area (Å²) in [5.41, 5.74) is 3.91. The van der Waals surface area contributed by atoms with Gasteiger partial charge in [-0.2, -0.15) is 5.26 Å². The fraction of sp³-hybridized carbons (Fsp3) is 0.448. The van der Waals surface area contributed by atoms with Crippen molar-refractivity contribution in [3.05, 3.63) is 60.2 Å². The standard InChI is InChI=1S/C29H38N4O3/c1-4-33(22-24-10-12-25(13-11-24)31-29(34)35-5-2)28-20-26(14-15-27(28)23(3)21-30)36-19-9-18-32-16-7-6-8-17-32/h10-15,20H,3-9,16-19,22H2,1-2H3,(H,31,34). The Labute approximate surface area is 215 Å². The highest BCUT2D eigenvalue weighted by Crippen LogP contribution is 2.32. The van der Waals surface area contributed by atoms with E-state index in [1.165, 1.54) is 32.4 Å². The second kappa shape index (κ2) is 14.2. The largest absolute Gasteiger partial charge is 0.493 e. The maximum Gasteiger partial charge on any atom is 0.411 e. The molecular formula is C29H38N4O3. The Hall–Kier alpha value is -3.50. The van der Waals surface area contributed by atoms with Gasteiger partial charge in [0.1, 0.15) is 5.75 Å². The first-order valence-electron chi connectivity index (χ1n) is 12.9. The molecule has 2 aromatic rings. The summed E-state index contributed by atoms with van der Waals surface area (Å²) in [4.78, 5) is 16.4. The normalized spacial score (nSPS) is 13.5. The van der Waals surface area contributed by atoms with Crippen LogP contribution in [0.5, 0.6) is 5.75 Å². The molecule has 0 spiro atoms. The SMILES string of the molecule is C=C(C#N)c1ccc(OCCCN2CCCCC2)cc1N(CC)Cc1ccc(NC(=O)OCC)cc1. The highest BCUT2D eigenvalue weighted by atomic mass is 16.5. The van der Waals surface area contributed by atoms with Gasteiger partial charge in [0.25, 0.3) is 0 Å². The molecule has 0 saturated carbocycles. The summed E-state index contributed by atoms with van der Waals surface area (Å²) in [5.74, 6) is 0.797. The number of allylic oxidation sites excluding steroid dienone is 1. The van der Waals surface area contributed by atoms with Gasteiger partial charge in [0.15, 0.2) is 0 Å². The van der Waals surface area contributed by atoms with Gasteiger partial charge in [-0.25, -0.2) is 4.79 Å². The average Bonchev–Trinajstić information content (AvgIpc) is 2.91. The number of hydrogen-bond donors (Lipinski definition) is 1. The van der Waals surface area contributed by atoms with Crippen molar-refractivity contribution >= 4 is 23.0 Å². The lowest BCUT2D eigenvalue weighted by Gasteiger charge is -2.27. The Morgan fingerprint density at radius 1 is 1.14 bits per heavy atom. The minimum absolute atomic E-state index is 0.326. The third kappa shape index (κ3) is 8.03. The Kier molecular flexibility index (Phi) is 10.7. The number of carbonyl (C=O) groups is 1. The summed E-state index contributed by atoms with van der Waals surface area (Å²) in [6, 6.07) is 15.7. The second-order valence-electron chi connectivity index (χ2n) is 8.93. The van der Waals surface area contributed by atoms with Crippen molar-refractivity contribution < 1.29 is 14.3 Å². The molecule has 1 fully saturated rings. The quantitative estimate of drug-likeness (QED) is 0.287. The van der Waals surface area contributed by atoms with Crippen molar-refractivity contribution in [2.45, 2.75) is 46.1 Å². The molecule has 0 radical (unpaired) electrons. The van der Waals surface area contributed by atoms with E-state index in [9.17, 15) is 10.1 Å². The minimum Gasteiger partial charge on any atom is -0.493 e. The summed E-state index contributed by atoms with van der Waals surface area (Å²) in [7, 11) is 0. The van der Waals surface area contributed by atoms with Crippen LogP contribution in [0.25, 0.3) is 5.57 Å². The molecule has 1 amide bonds. The van der Waals surface area contributed by atoms with Gasteiger partial charge < -0.3 is 19.3 Å². The lowest BCUT2D eigenvalue weighted by atomic mass is 10.0. The van der Waals surface area contributed by atoms with Crippen LogP contribution in [-0.2, 0) is 11.3 Å². The molecule has 192 valence electrons. The van der Waals surface area contributed by atoms with Crippen LogP contribution < -0.4 is 15.0 Å². The zero-order valence-electron chi connectivity index (χ0n) is 21.6. The molecule has 0 aliphatic carbocycles. The predicted octanol–water partition coefficient (Wildman–Crippen LogP) is 6.07. The topological polar surface area (TPSA) is 77.8 Å². The molecule has 0 aromatic heterocycles. The zero-order chi connectivity index (χ0) is 25.8. The van der Waals surface area contributed by atoms with Crippen molar-refractivity contribution in [3.8, 4) is 11.8 Å². The molecule has 1 aliphatic rings. The van der Waals surface area contributed by atoms with Crippen molar-refractivity contribution in [1.29, 1.82) is 5.26 Å². The number of likely N-dealkylation sites (tertiary alicyclic amines) is 1. The van der Waals surface area contributed by atoms with Crippen LogP contribution in [0.3, 0.4) is 0 Å². The van der Waals surface area contributed by atoms with Crippen LogP contribution in [0.4, 0.5) is 16.2 Å². The third-order valence-corrected chi connectivity index (χ3v) is 6.34. The number of hydrogen-bond acceptors (Lipinski definition) is 6. The van der Waals surface area contributed by atoms with E-state index in [0.29, 0.717) is 31.0 Å². The maximum absolute atomic E-state index is 11.7. The number of nitrogens with one attached hydrogen (secondary N) is 1. The van der Waals surface area contributed by atoms with Gasteiger partial charge >= 0.3 is 6.09 Å². The summed E-state index contributed by atoms with van der Waals surface area (Å²) >= 11 is 0. The molecule has 0 unspecified atom stereocenters. The van der Waals surface area contributed by atoms with E-state index in [4.69, 9.17) is 9.47 Å². The lowest BCUT2D eigenvalue weighted by molar-refractivity contribution is 0.168. The molecule has 1 heterocycles. The van der Waals surface area contributed by atoms with E-state index >= 15 is 0 Å². The number of amides is 1. The first kappa shape index (κ1) is 27.1. The van der Waals surface area contributed by atoms with Crippen LogP contribution in [0.2, 0.25) is 0 Å². The van der Waals surface area contributed by atoms with E-state index in [0.717, 1.165) is 42.1 Å². The Morgan fingerprint density at radius 2 is 1.89 bits per heavy atom. The van der Waals surface area contributed by atoms with E-state index in [1.807, 2.05) is 42.5 Å². The van der Waals surface area contributed by atoms with Crippen molar-refractivity contribution in [2.75, 3.05) is 49.6 Å². The molecule has 7 heteroatoms. The summed E-state index contributed by atoms with van der Waals surface area (Å²) in [5, 5.41) is 12.2. The molecule has 1 N–H and O–H groups in total.